The van der Waals surface area contributed by atoms with E-state index in [1.54, 1.807) is 0 Å². The van der Waals surface area contributed by atoms with Crippen molar-refractivity contribution in [3.8, 4) is 0 Å². The number of ether oxygens (including phenoxy) is 1. The molecule has 2 aliphatic heterocycles. The van der Waals surface area contributed by atoms with E-state index in [-0.39, 0.29) is 18.2 Å². The zero-order valence-electron chi connectivity index (χ0n) is 13.9. The number of carbonyl (C=O) groups is 1. The highest BCUT2D eigenvalue weighted by Gasteiger charge is 2.21. The molecule has 0 aromatic carbocycles. The van der Waals surface area contributed by atoms with Crippen LogP contribution in [0.3, 0.4) is 0 Å². The number of fused-ring (bicyclic) bond motifs is 1. The molecule has 8 heteroatoms. The molecule has 23 heavy (non-hydrogen) atoms. The molecule has 2 atom stereocenters. The van der Waals surface area contributed by atoms with Crippen molar-refractivity contribution in [1.82, 2.24) is 30.3 Å². The lowest BCUT2D eigenvalue weighted by Crippen LogP contribution is -2.48. The van der Waals surface area contributed by atoms with Gasteiger partial charge in [-0.1, -0.05) is 0 Å². The standard InChI is InChI=1S/C15H26N6O2/c1-11-9-20(10-12(2)23-11)7-5-16-15(22)17-8-14-19-18-13-4-3-6-21(13)14/h11-12H,3-10H2,1-2H3,(H2,16,17,22). The van der Waals surface area contributed by atoms with E-state index in [0.717, 1.165) is 50.7 Å². The Bertz CT molecular complexity index is 536. The van der Waals surface area contributed by atoms with E-state index in [2.05, 4.69) is 44.1 Å². The Morgan fingerprint density at radius 3 is 2.83 bits per heavy atom. The average Bonchev–Trinajstić information content (AvgIpc) is 3.07. The van der Waals surface area contributed by atoms with E-state index in [1.165, 1.54) is 0 Å². The summed E-state index contributed by atoms with van der Waals surface area (Å²) in [7, 11) is 0. The van der Waals surface area contributed by atoms with Gasteiger partial charge in [0.05, 0.1) is 18.8 Å². The molecule has 2 amide bonds. The van der Waals surface area contributed by atoms with Crippen LogP contribution in [0.5, 0.6) is 0 Å². The third kappa shape index (κ3) is 4.20. The maximum Gasteiger partial charge on any atom is 0.315 e. The number of morpholine rings is 1. The van der Waals surface area contributed by atoms with Gasteiger partial charge in [0, 0.05) is 39.1 Å². The number of hydrogen-bond acceptors (Lipinski definition) is 5. The molecule has 2 unspecified atom stereocenters. The Hall–Kier alpha value is -1.67. The van der Waals surface area contributed by atoms with Crippen molar-refractivity contribution in [3.05, 3.63) is 11.6 Å². The van der Waals surface area contributed by atoms with Crippen LogP contribution < -0.4 is 10.6 Å². The van der Waals surface area contributed by atoms with Gasteiger partial charge in [-0.05, 0) is 20.3 Å². The smallest absolute Gasteiger partial charge is 0.315 e. The van der Waals surface area contributed by atoms with E-state index in [1.807, 2.05) is 0 Å². The third-order valence-corrected chi connectivity index (χ3v) is 4.30. The normalized spacial score (nSPS) is 24.4. The van der Waals surface area contributed by atoms with Gasteiger partial charge in [0.2, 0.25) is 0 Å². The highest BCUT2D eigenvalue weighted by molar-refractivity contribution is 5.73. The second kappa shape index (κ2) is 7.27. The highest BCUT2D eigenvalue weighted by Crippen LogP contribution is 2.13. The largest absolute Gasteiger partial charge is 0.373 e. The fraction of sp³-hybridized carbons (Fsp3) is 0.800. The monoisotopic (exact) mass is 322 g/mol. The van der Waals surface area contributed by atoms with Crippen molar-refractivity contribution in [2.75, 3.05) is 26.2 Å². The van der Waals surface area contributed by atoms with E-state index in [0.29, 0.717) is 13.1 Å². The van der Waals surface area contributed by atoms with Crippen LogP contribution in [0.1, 0.15) is 31.9 Å². The van der Waals surface area contributed by atoms with Gasteiger partial charge in [-0.3, -0.25) is 4.90 Å². The molecule has 1 saturated heterocycles. The first-order valence-corrected chi connectivity index (χ1v) is 8.42. The van der Waals surface area contributed by atoms with Crippen LogP contribution in [-0.4, -0.2) is 64.1 Å². The van der Waals surface area contributed by atoms with E-state index >= 15 is 0 Å². The summed E-state index contributed by atoms with van der Waals surface area (Å²) in [5, 5.41) is 14.0. The molecular formula is C15H26N6O2. The number of hydrogen-bond donors (Lipinski definition) is 2. The Kier molecular flexibility index (Phi) is 5.12. The van der Waals surface area contributed by atoms with E-state index in [9.17, 15) is 4.79 Å². The van der Waals surface area contributed by atoms with Gasteiger partial charge in [0.25, 0.3) is 0 Å². The van der Waals surface area contributed by atoms with Crippen LogP contribution in [0.15, 0.2) is 0 Å². The van der Waals surface area contributed by atoms with Crippen LogP contribution in [0.2, 0.25) is 0 Å². The van der Waals surface area contributed by atoms with Crippen molar-refractivity contribution < 1.29 is 9.53 Å². The SMILES string of the molecule is CC1CN(CCNC(=O)NCc2nnc3n2CCC3)CC(C)O1. The van der Waals surface area contributed by atoms with Crippen molar-refractivity contribution in [2.24, 2.45) is 0 Å². The lowest BCUT2D eigenvalue weighted by molar-refractivity contribution is -0.0672. The number of nitrogens with zero attached hydrogens (tertiary/aromatic N) is 4. The number of amides is 2. The Morgan fingerprint density at radius 2 is 2.04 bits per heavy atom. The predicted octanol–water partition coefficient (Wildman–Crippen LogP) is 0.133. The number of nitrogens with one attached hydrogen (secondary N) is 2. The zero-order chi connectivity index (χ0) is 16.2. The highest BCUT2D eigenvalue weighted by atomic mass is 16.5. The van der Waals surface area contributed by atoms with Crippen molar-refractivity contribution in [1.29, 1.82) is 0 Å². The summed E-state index contributed by atoms with van der Waals surface area (Å²) < 4.78 is 7.80. The zero-order valence-corrected chi connectivity index (χ0v) is 13.9. The predicted molar refractivity (Wildman–Crippen MR) is 85.0 cm³/mol. The summed E-state index contributed by atoms with van der Waals surface area (Å²) in [6, 6.07) is -0.158. The Labute approximate surface area is 136 Å². The maximum atomic E-state index is 11.9. The van der Waals surface area contributed by atoms with Crippen LogP contribution in [0, 0.1) is 0 Å². The lowest BCUT2D eigenvalue weighted by atomic mass is 10.2. The average molecular weight is 322 g/mol. The number of aryl methyl sites for hydroxylation is 1. The first kappa shape index (κ1) is 16.2. The van der Waals surface area contributed by atoms with Gasteiger partial charge >= 0.3 is 6.03 Å². The van der Waals surface area contributed by atoms with Crippen molar-refractivity contribution in [3.63, 3.8) is 0 Å². The van der Waals surface area contributed by atoms with Gasteiger partial charge in [-0.15, -0.1) is 10.2 Å². The topological polar surface area (TPSA) is 84.3 Å². The summed E-state index contributed by atoms with van der Waals surface area (Å²) in [4.78, 5) is 14.2. The number of aromatic nitrogens is 3. The molecule has 2 aliphatic rings. The van der Waals surface area contributed by atoms with Crippen LogP contribution in [0.25, 0.3) is 0 Å². The first-order valence-electron chi connectivity index (χ1n) is 8.42. The van der Waals surface area contributed by atoms with Crippen molar-refractivity contribution >= 4 is 6.03 Å². The molecule has 0 aliphatic carbocycles. The molecule has 1 aromatic rings. The molecule has 3 rings (SSSR count). The summed E-state index contributed by atoms with van der Waals surface area (Å²) in [5.41, 5.74) is 0. The summed E-state index contributed by atoms with van der Waals surface area (Å²) in [5.74, 6) is 1.86. The lowest BCUT2D eigenvalue weighted by Gasteiger charge is -2.35. The molecule has 0 radical (unpaired) electrons. The second-order valence-corrected chi connectivity index (χ2v) is 6.41. The van der Waals surface area contributed by atoms with Gasteiger partial charge < -0.3 is 19.9 Å². The van der Waals surface area contributed by atoms with Gasteiger partial charge in [-0.2, -0.15) is 0 Å². The van der Waals surface area contributed by atoms with Gasteiger partial charge in [0.1, 0.15) is 5.82 Å². The molecule has 8 nitrogen and oxygen atoms in total. The number of carbonyl (C=O) groups excluding carboxylic acids is 1. The van der Waals surface area contributed by atoms with Crippen molar-refractivity contribution in [2.45, 2.75) is 52.0 Å². The quantitative estimate of drug-likeness (QED) is 0.805. The molecule has 2 N–H and O–H groups in total. The fourth-order valence-corrected chi connectivity index (χ4v) is 3.36. The second-order valence-electron chi connectivity index (χ2n) is 6.41. The molecule has 0 spiro atoms. The van der Waals surface area contributed by atoms with Gasteiger partial charge in [-0.25, -0.2) is 4.79 Å². The van der Waals surface area contributed by atoms with Crippen LogP contribution in [-0.2, 0) is 24.2 Å². The minimum atomic E-state index is -0.158. The molecule has 0 saturated carbocycles. The fourth-order valence-electron chi connectivity index (χ4n) is 3.36. The number of rotatable bonds is 5. The summed E-state index contributed by atoms with van der Waals surface area (Å²) in [6.45, 7) is 8.84. The summed E-state index contributed by atoms with van der Waals surface area (Å²) >= 11 is 0. The Balaban J connectivity index is 1.35. The van der Waals surface area contributed by atoms with E-state index < -0.39 is 0 Å². The molecule has 128 valence electrons. The minimum absolute atomic E-state index is 0.158. The third-order valence-electron chi connectivity index (χ3n) is 4.30. The van der Waals surface area contributed by atoms with Crippen LogP contribution >= 0.6 is 0 Å². The Morgan fingerprint density at radius 1 is 1.26 bits per heavy atom. The molecule has 1 aromatic heterocycles. The molecule has 1 fully saturated rings. The minimum Gasteiger partial charge on any atom is -0.373 e. The maximum absolute atomic E-state index is 11.9. The van der Waals surface area contributed by atoms with Crippen LogP contribution in [0.4, 0.5) is 4.79 Å². The van der Waals surface area contributed by atoms with E-state index in [4.69, 9.17) is 4.74 Å². The first-order chi connectivity index (χ1) is 11.1. The molecule has 3 heterocycles. The van der Waals surface area contributed by atoms with Gasteiger partial charge in [0.15, 0.2) is 5.82 Å². The molecule has 0 bridgehead atoms. The molecular weight excluding hydrogens is 296 g/mol. The summed E-state index contributed by atoms with van der Waals surface area (Å²) in [6.07, 6.45) is 2.60. The number of urea groups is 1.